The molecule has 0 unspecified atom stereocenters. The lowest BCUT2D eigenvalue weighted by atomic mass is 10.2. The Balaban J connectivity index is 1.54. The second-order valence-corrected chi connectivity index (χ2v) is 7.09. The molecule has 0 aliphatic heterocycles. The highest BCUT2D eigenvalue weighted by molar-refractivity contribution is 7.12. The summed E-state index contributed by atoms with van der Waals surface area (Å²) in [7, 11) is 1.44. The van der Waals surface area contributed by atoms with Crippen LogP contribution in [0.3, 0.4) is 0 Å². The Morgan fingerprint density at radius 2 is 1.81 bits per heavy atom. The molecular formula is C22H19N3O5S. The molecule has 3 aromatic rings. The van der Waals surface area contributed by atoms with E-state index in [9.17, 15) is 14.4 Å². The van der Waals surface area contributed by atoms with E-state index in [4.69, 9.17) is 9.47 Å². The Hall–Kier alpha value is -3.98. The van der Waals surface area contributed by atoms with E-state index < -0.39 is 17.8 Å². The van der Waals surface area contributed by atoms with Crippen molar-refractivity contribution in [3.8, 4) is 11.5 Å². The molecule has 0 fully saturated rings. The van der Waals surface area contributed by atoms with Crippen LogP contribution >= 0.6 is 11.3 Å². The predicted molar refractivity (Wildman–Crippen MR) is 116 cm³/mol. The van der Waals surface area contributed by atoms with Crippen molar-refractivity contribution in [2.45, 2.75) is 6.54 Å². The van der Waals surface area contributed by atoms with Gasteiger partial charge in [0.1, 0.15) is 4.88 Å². The van der Waals surface area contributed by atoms with Gasteiger partial charge in [-0.2, -0.15) is 5.10 Å². The molecule has 8 nitrogen and oxygen atoms in total. The number of esters is 1. The molecule has 2 N–H and O–H groups in total. The van der Waals surface area contributed by atoms with Gasteiger partial charge in [-0.05, 0) is 40.8 Å². The summed E-state index contributed by atoms with van der Waals surface area (Å²) in [6.07, 6.45) is 1.34. The molecule has 0 radical (unpaired) electrons. The average Bonchev–Trinajstić information content (AvgIpc) is 3.34. The largest absolute Gasteiger partial charge is 0.493 e. The predicted octanol–water partition coefficient (Wildman–Crippen LogP) is 2.74. The Labute approximate surface area is 182 Å². The number of methoxy groups -OCH3 is 1. The van der Waals surface area contributed by atoms with Crippen molar-refractivity contribution in [1.82, 2.24) is 10.7 Å². The molecule has 1 heterocycles. The molecule has 9 heteroatoms. The van der Waals surface area contributed by atoms with Crippen LogP contribution in [-0.2, 0) is 16.1 Å². The number of amides is 2. The third-order valence-electron chi connectivity index (χ3n) is 3.99. The minimum Gasteiger partial charge on any atom is -0.493 e. The van der Waals surface area contributed by atoms with Crippen molar-refractivity contribution in [1.29, 1.82) is 0 Å². The summed E-state index contributed by atoms with van der Waals surface area (Å²) >= 11 is 1.28. The van der Waals surface area contributed by atoms with Gasteiger partial charge in [-0.1, -0.05) is 36.4 Å². The number of rotatable bonds is 7. The number of ether oxygens (including phenoxy) is 2. The molecule has 0 saturated carbocycles. The Bertz CT molecular complexity index is 1080. The SMILES string of the molecule is COc1cc(C=NNC(=O)C(=O)NCc2ccccc2)ccc1OC(=O)c1cccs1. The van der Waals surface area contributed by atoms with Gasteiger partial charge >= 0.3 is 17.8 Å². The molecule has 2 aromatic carbocycles. The Morgan fingerprint density at radius 3 is 2.52 bits per heavy atom. The number of thiophene rings is 1. The van der Waals surface area contributed by atoms with Crippen LogP contribution in [0, 0.1) is 0 Å². The van der Waals surface area contributed by atoms with E-state index in [2.05, 4.69) is 15.8 Å². The normalized spacial score (nSPS) is 10.5. The number of nitrogens with one attached hydrogen (secondary N) is 2. The zero-order chi connectivity index (χ0) is 22.1. The van der Waals surface area contributed by atoms with Gasteiger partial charge in [0.15, 0.2) is 11.5 Å². The summed E-state index contributed by atoms with van der Waals surface area (Å²) in [4.78, 5) is 36.3. The van der Waals surface area contributed by atoms with Gasteiger partial charge in [-0.15, -0.1) is 11.3 Å². The summed E-state index contributed by atoms with van der Waals surface area (Å²) in [6.45, 7) is 0.236. The molecular weight excluding hydrogens is 418 g/mol. The quantitative estimate of drug-likeness (QED) is 0.194. The average molecular weight is 437 g/mol. The maximum atomic E-state index is 12.1. The zero-order valence-corrected chi connectivity index (χ0v) is 17.3. The number of hydrazone groups is 1. The fourth-order valence-corrected chi connectivity index (χ4v) is 3.07. The molecule has 2 amide bonds. The maximum Gasteiger partial charge on any atom is 0.353 e. The molecule has 0 saturated heterocycles. The Morgan fingerprint density at radius 1 is 1.00 bits per heavy atom. The Kier molecular flexibility index (Phi) is 7.50. The van der Waals surface area contributed by atoms with Crippen molar-refractivity contribution >= 4 is 35.3 Å². The van der Waals surface area contributed by atoms with Crippen LogP contribution < -0.4 is 20.2 Å². The second-order valence-electron chi connectivity index (χ2n) is 6.14. The van der Waals surface area contributed by atoms with Crippen molar-refractivity contribution in [2.75, 3.05) is 7.11 Å². The fraction of sp³-hybridized carbons (Fsp3) is 0.0909. The lowest BCUT2D eigenvalue weighted by molar-refractivity contribution is -0.139. The van der Waals surface area contributed by atoms with Crippen LogP contribution in [0.5, 0.6) is 11.5 Å². The number of benzene rings is 2. The van der Waals surface area contributed by atoms with Crippen molar-refractivity contribution in [3.05, 3.63) is 82.0 Å². The number of hydrogen-bond acceptors (Lipinski definition) is 7. The van der Waals surface area contributed by atoms with Gasteiger partial charge in [-0.3, -0.25) is 9.59 Å². The molecule has 1 aromatic heterocycles. The van der Waals surface area contributed by atoms with Gasteiger partial charge in [0, 0.05) is 6.54 Å². The molecule has 31 heavy (non-hydrogen) atoms. The van der Waals surface area contributed by atoms with Crippen LogP contribution in [0.15, 0.2) is 71.1 Å². The fourth-order valence-electron chi connectivity index (χ4n) is 2.47. The molecule has 0 spiro atoms. The summed E-state index contributed by atoms with van der Waals surface area (Å²) in [5.74, 6) is -1.60. The van der Waals surface area contributed by atoms with Crippen molar-refractivity contribution in [3.63, 3.8) is 0 Å². The highest BCUT2D eigenvalue weighted by Crippen LogP contribution is 2.28. The first-order valence-electron chi connectivity index (χ1n) is 9.15. The van der Waals surface area contributed by atoms with E-state index in [1.807, 2.05) is 30.3 Å². The smallest absolute Gasteiger partial charge is 0.353 e. The lowest BCUT2D eigenvalue weighted by Crippen LogP contribution is -2.37. The maximum absolute atomic E-state index is 12.1. The second kappa shape index (κ2) is 10.7. The first-order valence-corrected chi connectivity index (χ1v) is 10.0. The lowest BCUT2D eigenvalue weighted by Gasteiger charge is -2.09. The van der Waals surface area contributed by atoms with E-state index in [1.165, 1.54) is 24.7 Å². The van der Waals surface area contributed by atoms with E-state index in [0.29, 0.717) is 16.2 Å². The standard InChI is InChI=1S/C22H19N3O5S/c1-29-18-12-16(9-10-17(18)30-22(28)19-8-5-11-31-19)14-24-25-21(27)20(26)23-13-15-6-3-2-4-7-15/h2-12,14H,13H2,1H3,(H,23,26)(H,25,27). The van der Waals surface area contributed by atoms with Gasteiger partial charge in [0.2, 0.25) is 0 Å². The minimum atomic E-state index is -0.888. The highest BCUT2D eigenvalue weighted by Gasteiger charge is 2.14. The number of carbonyl (C=O) groups is 3. The third kappa shape index (κ3) is 6.25. The van der Waals surface area contributed by atoms with E-state index in [-0.39, 0.29) is 12.3 Å². The van der Waals surface area contributed by atoms with Gasteiger partial charge in [0.05, 0.1) is 13.3 Å². The zero-order valence-electron chi connectivity index (χ0n) is 16.5. The van der Waals surface area contributed by atoms with E-state index in [1.54, 1.807) is 35.7 Å². The van der Waals surface area contributed by atoms with E-state index in [0.717, 1.165) is 5.56 Å². The number of hydrogen-bond donors (Lipinski definition) is 2. The first-order chi connectivity index (χ1) is 15.1. The molecule has 0 aliphatic carbocycles. The number of nitrogens with zero attached hydrogens (tertiary/aromatic N) is 1. The summed E-state index contributed by atoms with van der Waals surface area (Å²) < 4.78 is 10.6. The molecule has 0 bridgehead atoms. The summed E-state index contributed by atoms with van der Waals surface area (Å²) in [6, 6.07) is 17.4. The highest BCUT2D eigenvalue weighted by atomic mass is 32.1. The van der Waals surface area contributed by atoms with Gasteiger partial charge in [-0.25, -0.2) is 10.2 Å². The third-order valence-corrected chi connectivity index (χ3v) is 4.84. The van der Waals surface area contributed by atoms with Gasteiger partial charge in [0.25, 0.3) is 0 Å². The van der Waals surface area contributed by atoms with Crippen LogP contribution in [-0.4, -0.2) is 31.1 Å². The van der Waals surface area contributed by atoms with Crippen LogP contribution in [0.25, 0.3) is 0 Å². The molecule has 0 atom stereocenters. The molecule has 158 valence electrons. The van der Waals surface area contributed by atoms with Crippen LogP contribution in [0.4, 0.5) is 0 Å². The van der Waals surface area contributed by atoms with Crippen LogP contribution in [0.1, 0.15) is 20.8 Å². The topological polar surface area (TPSA) is 106 Å². The van der Waals surface area contributed by atoms with Gasteiger partial charge < -0.3 is 14.8 Å². The summed E-state index contributed by atoms with van der Waals surface area (Å²) in [5.41, 5.74) is 3.61. The van der Waals surface area contributed by atoms with Crippen molar-refractivity contribution in [2.24, 2.45) is 5.10 Å². The first kappa shape index (κ1) is 21.7. The summed E-state index contributed by atoms with van der Waals surface area (Å²) in [5, 5.41) is 8.07. The molecule has 0 aliphatic rings. The minimum absolute atomic E-state index is 0.236. The monoisotopic (exact) mass is 437 g/mol. The van der Waals surface area contributed by atoms with Crippen LogP contribution in [0.2, 0.25) is 0 Å². The molecule has 3 rings (SSSR count). The van der Waals surface area contributed by atoms with Crippen molar-refractivity contribution < 1.29 is 23.9 Å². The van der Waals surface area contributed by atoms with E-state index >= 15 is 0 Å². The number of carbonyl (C=O) groups excluding carboxylic acids is 3.